The van der Waals surface area contributed by atoms with Gasteiger partial charge in [0.15, 0.2) is 0 Å². The van der Waals surface area contributed by atoms with Crippen LogP contribution in [0.1, 0.15) is 42.7 Å². The van der Waals surface area contributed by atoms with E-state index >= 15 is 0 Å². The zero-order valence-corrected chi connectivity index (χ0v) is 11.1. The maximum atomic E-state index is 11.6. The van der Waals surface area contributed by atoms with E-state index in [0.29, 0.717) is 12.5 Å². The predicted octanol–water partition coefficient (Wildman–Crippen LogP) is 2.22. The molecule has 0 bridgehead atoms. The lowest BCUT2D eigenvalue weighted by molar-refractivity contribution is -0.139. The summed E-state index contributed by atoms with van der Waals surface area (Å²) in [6, 6.07) is 7.78. The van der Waals surface area contributed by atoms with Gasteiger partial charge in [0.25, 0.3) is 0 Å². The Labute approximate surface area is 112 Å². The number of carboxylic acid groups (broad SMARTS) is 1. The van der Waals surface area contributed by atoms with E-state index in [9.17, 15) is 14.7 Å². The number of rotatable bonds is 6. The van der Waals surface area contributed by atoms with Gasteiger partial charge in [-0.3, -0.25) is 9.59 Å². The molecule has 1 fully saturated rings. The van der Waals surface area contributed by atoms with Gasteiger partial charge in [-0.1, -0.05) is 29.8 Å². The minimum Gasteiger partial charge on any atom is -0.481 e. The zero-order chi connectivity index (χ0) is 13.8. The molecule has 1 aliphatic rings. The molecule has 4 nitrogen and oxygen atoms in total. The highest BCUT2D eigenvalue weighted by molar-refractivity contribution is 5.80. The second kappa shape index (κ2) is 5.87. The van der Waals surface area contributed by atoms with Crippen LogP contribution in [0.4, 0.5) is 0 Å². The third kappa shape index (κ3) is 4.09. The van der Waals surface area contributed by atoms with Crippen molar-refractivity contribution in [3.63, 3.8) is 0 Å². The SMILES string of the molecule is Cc1ccc(C(CCC(=O)NC2CC2)C(=O)O)cc1. The molecular weight excluding hydrogens is 242 g/mol. The van der Waals surface area contributed by atoms with E-state index in [4.69, 9.17) is 0 Å². The summed E-state index contributed by atoms with van der Waals surface area (Å²) >= 11 is 0. The van der Waals surface area contributed by atoms with E-state index in [2.05, 4.69) is 5.32 Å². The maximum Gasteiger partial charge on any atom is 0.310 e. The van der Waals surface area contributed by atoms with Crippen LogP contribution in [0.15, 0.2) is 24.3 Å². The van der Waals surface area contributed by atoms with E-state index in [0.717, 1.165) is 24.0 Å². The average molecular weight is 261 g/mol. The minimum atomic E-state index is -0.872. The van der Waals surface area contributed by atoms with Crippen molar-refractivity contribution in [2.75, 3.05) is 0 Å². The van der Waals surface area contributed by atoms with Gasteiger partial charge in [0.05, 0.1) is 5.92 Å². The van der Waals surface area contributed by atoms with E-state index < -0.39 is 11.9 Å². The molecule has 1 unspecified atom stereocenters. The molecule has 1 aliphatic carbocycles. The Bertz CT molecular complexity index is 463. The highest BCUT2D eigenvalue weighted by Gasteiger charge is 2.25. The Hall–Kier alpha value is -1.84. The van der Waals surface area contributed by atoms with Gasteiger partial charge in [0.2, 0.25) is 5.91 Å². The van der Waals surface area contributed by atoms with Gasteiger partial charge in [-0.05, 0) is 31.7 Å². The molecular formula is C15H19NO3. The highest BCUT2D eigenvalue weighted by atomic mass is 16.4. The van der Waals surface area contributed by atoms with Gasteiger partial charge in [0.1, 0.15) is 0 Å². The first-order valence-corrected chi connectivity index (χ1v) is 6.65. The van der Waals surface area contributed by atoms with Crippen LogP contribution in [0.2, 0.25) is 0 Å². The lowest BCUT2D eigenvalue weighted by Crippen LogP contribution is -2.26. The molecule has 0 saturated heterocycles. The Morgan fingerprint density at radius 2 is 1.95 bits per heavy atom. The molecule has 102 valence electrons. The van der Waals surface area contributed by atoms with E-state index in [1.807, 2.05) is 31.2 Å². The molecule has 2 rings (SSSR count). The van der Waals surface area contributed by atoms with Crippen LogP contribution >= 0.6 is 0 Å². The van der Waals surface area contributed by atoms with Crippen molar-refractivity contribution in [1.29, 1.82) is 0 Å². The Balaban J connectivity index is 1.93. The molecule has 4 heteroatoms. The predicted molar refractivity (Wildman–Crippen MR) is 72.0 cm³/mol. The van der Waals surface area contributed by atoms with Gasteiger partial charge in [-0.15, -0.1) is 0 Å². The van der Waals surface area contributed by atoms with Crippen LogP contribution in [0.3, 0.4) is 0 Å². The first-order valence-electron chi connectivity index (χ1n) is 6.65. The van der Waals surface area contributed by atoms with Crippen LogP contribution in [0, 0.1) is 6.92 Å². The van der Waals surface area contributed by atoms with Crippen molar-refractivity contribution in [2.24, 2.45) is 0 Å². The summed E-state index contributed by atoms with van der Waals surface area (Å²) in [5, 5.41) is 12.1. The molecule has 1 saturated carbocycles. The summed E-state index contributed by atoms with van der Waals surface area (Å²) in [5.41, 5.74) is 1.86. The molecule has 1 aromatic rings. The lowest BCUT2D eigenvalue weighted by atomic mass is 9.93. The second-order valence-corrected chi connectivity index (χ2v) is 5.18. The van der Waals surface area contributed by atoms with Gasteiger partial charge in [-0.2, -0.15) is 0 Å². The van der Waals surface area contributed by atoms with Crippen LogP contribution in [0.25, 0.3) is 0 Å². The summed E-state index contributed by atoms with van der Waals surface area (Å²) < 4.78 is 0. The minimum absolute atomic E-state index is 0.0409. The molecule has 0 aliphatic heterocycles. The fourth-order valence-corrected chi connectivity index (χ4v) is 2.03. The number of hydrogen-bond donors (Lipinski definition) is 2. The summed E-state index contributed by atoms with van der Waals surface area (Å²) in [6.07, 6.45) is 2.70. The highest BCUT2D eigenvalue weighted by Crippen LogP contribution is 2.23. The summed E-state index contributed by atoms with van der Waals surface area (Å²) in [5.74, 6) is -1.52. The van der Waals surface area contributed by atoms with Crippen molar-refractivity contribution in [3.8, 4) is 0 Å². The monoisotopic (exact) mass is 261 g/mol. The number of nitrogens with one attached hydrogen (secondary N) is 1. The fraction of sp³-hybridized carbons (Fsp3) is 0.467. The van der Waals surface area contributed by atoms with Gasteiger partial charge in [-0.25, -0.2) is 0 Å². The Morgan fingerprint density at radius 1 is 1.32 bits per heavy atom. The fourth-order valence-electron chi connectivity index (χ4n) is 2.03. The number of benzene rings is 1. The molecule has 0 radical (unpaired) electrons. The molecule has 0 heterocycles. The molecule has 1 amide bonds. The topological polar surface area (TPSA) is 66.4 Å². The smallest absolute Gasteiger partial charge is 0.310 e. The lowest BCUT2D eigenvalue weighted by Gasteiger charge is -2.13. The maximum absolute atomic E-state index is 11.6. The Kier molecular flexibility index (Phi) is 4.20. The number of aryl methyl sites for hydroxylation is 1. The molecule has 19 heavy (non-hydrogen) atoms. The van der Waals surface area contributed by atoms with Crippen molar-refractivity contribution >= 4 is 11.9 Å². The molecule has 2 N–H and O–H groups in total. The van der Waals surface area contributed by atoms with Crippen LogP contribution in [0.5, 0.6) is 0 Å². The average Bonchev–Trinajstić information content (AvgIpc) is 3.15. The first-order chi connectivity index (χ1) is 9.06. The van der Waals surface area contributed by atoms with Crippen LogP contribution in [-0.4, -0.2) is 23.0 Å². The number of carbonyl (C=O) groups is 2. The largest absolute Gasteiger partial charge is 0.481 e. The number of amides is 1. The van der Waals surface area contributed by atoms with Crippen LogP contribution in [-0.2, 0) is 9.59 Å². The summed E-state index contributed by atoms with van der Waals surface area (Å²) in [7, 11) is 0. The standard InChI is InChI=1S/C15H19NO3/c1-10-2-4-11(5-3-10)13(15(18)19)8-9-14(17)16-12-6-7-12/h2-5,12-13H,6-9H2,1H3,(H,16,17)(H,18,19). The van der Waals surface area contributed by atoms with E-state index in [1.165, 1.54) is 0 Å². The normalized spacial score (nSPS) is 15.8. The van der Waals surface area contributed by atoms with Crippen LogP contribution < -0.4 is 5.32 Å². The molecule has 1 aromatic carbocycles. The number of carbonyl (C=O) groups excluding carboxylic acids is 1. The zero-order valence-electron chi connectivity index (χ0n) is 11.1. The van der Waals surface area contributed by atoms with Gasteiger partial charge < -0.3 is 10.4 Å². The van der Waals surface area contributed by atoms with Crippen molar-refractivity contribution in [3.05, 3.63) is 35.4 Å². The molecule has 0 aromatic heterocycles. The van der Waals surface area contributed by atoms with Gasteiger partial charge >= 0.3 is 5.97 Å². The van der Waals surface area contributed by atoms with Gasteiger partial charge in [0, 0.05) is 12.5 Å². The first kappa shape index (κ1) is 13.6. The number of hydrogen-bond acceptors (Lipinski definition) is 2. The van der Waals surface area contributed by atoms with Crippen molar-refractivity contribution in [1.82, 2.24) is 5.32 Å². The van der Waals surface area contributed by atoms with Crippen molar-refractivity contribution in [2.45, 2.75) is 44.6 Å². The van der Waals surface area contributed by atoms with Crippen molar-refractivity contribution < 1.29 is 14.7 Å². The summed E-state index contributed by atoms with van der Waals surface area (Å²) in [4.78, 5) is 22.9. The third-order valence-electron chi connectivity index (χ3n) is 3.38. The number of carboxylic acids is 1. The summed E-state index contributed by atoms with van der Waals surface area (Å²) in [6.45, 7) is 1.96. The second-order valence-electron chi connectivity index (χ2n) is 5.18. The van der Waals surface area contributed by atoms with E-state index in [1.54, 1.807) is 0 Å². The molecule has 1 atom stereocenters. The third-order valence-corrected chi connectivity index (χ3v) is 3.38. The van der Waals surface area contributed by atoms with E-state index in [-0.39, 0.29) is 12.3 Å². The quantitative estimate of drug-likeness (QED) is 0.825. The Morgan fingerprint density at radius 3 is 2.47 bits per heavy atom. The molecule has 0 spiro atoms. The number of aliphatic carboxylic acids is 1.